The van der Waals surface area contributed by atoms with Crippen molar-refractivity contribution < 1.29 is 14.4 Å². The Morgan fingerprint density at radius 3 is 2.10 bits per heavy atom. The summed E-state index contributed by atoms with van der Waals surface area (Å²) in [6.07, 6.45) is 0.372. The normalized spacial score (nSPS) is 11.4. The van der Waals surface area contributed by atoms with E-state index in [1.807, 2.05) is 67.6 Å². The highest BCUT2D eigenvalue weighted by Gasteiger charge is 2.22. The van der Waals surface area contributed by atoms with E-state index in [9.17, 15) is 14.4 Å². The summed E-state index contributed by atoms with van der Waals surface area (Å²) in [4.78, 5) is 38.4. The molecule has 3 aromatic carbocycles. The Morgan fingerprint density at radius 1 is 0.839 bits per heavy atom. The molecule has 0 aliphatic carbocycles. The molecule has 31 heavy (non-hydrogen) atoms. The second-order valence-corrected chi connectivity index (χ2v) is 8.17. The Kier molecular flexibility index (Phi) is 8.01. The van der Waals surface area contributed by atoms with Crippen molar-refractivity contribution in [2.75, 3.05) is 6.54 Å². The van der Waals surface area contributed by atoms with Crippen LogP contribution in [0.3, 0.4) is 0 Å². The van der Waals surface area contributed by atoms with Crippen molar-refractivity contribution in [3.05, 3.63) is 102 Å². The van der Waals surface area contributed by atoms with E-state index in [-0.39, 0.29) is 17.6 Å². The number of aryl methyl sites for hydroxylation is 1. The van der Waals surface area contributed by atoms with Crippen LogP contribution in [0.1, 0.15) is 21.5 Å². The lowest BCUT2D eigenvalue weighted by atomic mass is 10.1. The van der Waals surface area contributed by atoms with Crippen molar-refractivity contribution in [2.45, 2.75) is 24.3 Å². The first-order valence-electron chi connectivity index (χ1n) is 9.96. The van der Waals surface area contributed by atoms with Gasteiger partial charge in [0.05, 0.1) is 6.54 Å². The lowest BCUT2D eigenvalue weighted by Gasteiger charge is -2.18. The molecule has 0 heterocycles. The van der Waals surface area contributed by atoms with Gasteiger partial charge in [-0.25, -0.2) is 0 Å². The third kappa shape index (κ3) is 7.12. The van der Waals surface area contributed by atoms with Gasteiger partial charge in [0, 0.05) is 16.9 Å². The van der Waals surface area contributed by atoms with Gasteiger partial charge in [0.1, 0.15) is 6.04 Å². The van der Waals surface area contributed by atoms with Crippen molar-refractivity contribution in [1.29, 1.82) is 0 Å². The molecule has 0 bridgehead atoms. The van der Waals surface area contributed by atoms with Gasteiger partial charge >= 0.3 is 0 Å². The standard InChI is InChI=1S/C25H24N2O3S/c1-18-12-14-21(15-13-18)31-25(30)22(16-19-8-4-2-5-9-19)27-23(28)17-26-24(29)20-10-6-3-7-11-20/h2-15,22H,16-17H2,1H3,(H,26,29)(H,27,28)/t22-/m0/s1. The van der Waals surface area contributed by atoms with Gasteiger partial charge in [-0.2, -0.15) is 0 Å². The highest BCUT2D eigenvalue weighted by atomic mass is 32.2. The first kappa shape index (κ1) is 22.3. The van der Waals surface area contributed by atoms with Gasteiger partial charge in [-0.3, -0.25) is 14.4 Å². The summed E-state index contributed by atoms with van der Waals surface area (Å²) in [6, 6.07) is 25.1. The quantitative estimate of drug-likeness (QED) is 0.532. The summed E-state index contributed by atoms with van der Waals surface area (Å²) in [7, 11) is 0. The molecular weight excluding hydrogens is 408 g/mol. The maximum absolute atomic E-state index is 13.0. The van der Waals surface area contributed by atoms with E-state index < -0.39 is 11.9 Å². The molecule has 1 atom stereocenters. The van der Waals surface area contributed by atoms with Gasteiger partial charge in [-0.15, -0.1) is 0 Å². The first-order chi connectivity index (χ1) is 15.0. The van der Waals surface area contributed by atoms with Crippen molar-refractivity contribution >= 4 is 28.7 Å². The van der Waals surface area contributed by atoms with Crippen LogP contribution in [-0.2, 0) is 16.0 Å². The molecule has 158 valence electrons. The second kappa shape index (κ2) is 11.1. The molecule has 5 nitrogen and oxygen atoms in total. The summed E-state index contributed by atoms with van der Waals surface area (Å²) in [5.41, 5.74) is 2.53. The molecule has 3 rings (SSSR count). The Morgan fingerprint density at radius 2 is 1.45 bits per heavy atom. The number of benzene rings is 3. The molecule has 0 saturated heterocycles. The minimum atomic E-state index is -0.713. The monoisotopic (exact) mass is 432 g/mol. The largest absolute Gasteiger partial charge is 0.343 e. The van der Waals surface area contributed by atoms with E-state index in [1.54, 1.807) is 24.3 Å². The van der Waals surface area contributed by atoms with Crippen LogP contribution in [0.25, 0.3) is 0 Å². The van der Waals surface area contributed by atoms with Crippen LogP contribution >= 0.6 is 11.8 Å². The maximum atomic E-state index is 13.0. The predicted octanol–water partition coefficient (Wildman–Crippen LogP) is 3.77. The number of hydrogen-bond donors (Lipinski definition) is 2. The number of amides is 2. The van der Waals surface area contributed by atoms with Crippen LogP contribution < -0.4 is 10.6 Å². The molecule has 3 aromatic rings. The van der Waals surface area contributed by atoms with E-state index in [2.05, 4.69) is 10.6 Å². The average Bonchev–Trinajstić information content (AvgIpc) is 2.80. The fourth-order valence-corrected chi connectivity index (χ4v) is 3.72. The molecule has 0 aromatic heterocycles. The lowest BCUT2D eigenvalue weighted by molar-refractivity contribution is -0.123. The molecular formula is C25H24N2O3S. The fourth-order valence-electron chi connectivity index (χ4n) is 2.93. The molecule has 0 aliphatic rings. The minimum absolute atomic E-state index is 0.157. The van der Waals surface area contributed by atoms with Crippen LogP contribution in [0.5, 0.6) is 0 Å². The number of carbonyl (C=O) groups excluding carboxylic acids is 3. The van der Waals surface area contributed by atoms with Crippen LogP contribution in [0.2, 0.25) is 0 Å². The molecule has 2 amide bonds. The van der Waals surface area contributed by atoms with E-state index in [0.29, 0.717) is 12.0 Å². The molecule has 0 radical (unpaired) electrons. The Bertz CT molecular complexity index is 1020. The second-order valence-electron chi connectivity index (χ2n) is 7.09. The van der Waals surface area contributed by atoms with E-state index >= 15 is 0 Å². The highest BCUT2D eigenvalue weighted by Crippen LogP contribution is 2.22. The number of nitrogens with one attached hydrogen (secondary N) is 2. The zero-order chi connectivity index (χ0) is 22.1. The highest BCUT2D eigenvalue weighted by molar-refractivity contribution is 8.13. The van der Waals surface area contributed by atoms with Gasteiger partial charge < -0.3 is 10.6 Å². The van der Waals surface area contributed by atoms with Crippen molar-refractivity contribution in [3.8, 4) is 0 Å². The zero-order valence-corrected chi connectivity index (χ0v) is 18.0. The number of hydrogen-bond acceptors (Lipinski definition) is 4. The van der Waals surface area contributed by atoms with Crippen molar-refractivity contribution in [2.24, 2.45) is 0 Å². The molecule has 6 heteroatoms. The number of thioether (sulfide) groups is 1. The summed E-state index contributed by atoms with van der Waals surface area (Å²) in [6.45, 7) is 1.78. The minimum Gasteiger partial charge on any atom is -0.343 e. The van der Waals surface area contributed by atoms with Gasteiger partial charge in [0.2, 0.25) is 11.0 Å². The molecule has 0 spiro atoms. The summed E-state index contributed by atoms with van der Waals surface area (Å²) >= 11 is 1.10. The van der Waals surface area contributed by atoms with Gasteiger partial charge in [0.25, 0.3) is 5.91 Å². The first-order valence-corrected chi connectivity index (χ1v) is 10.8. The summed E-state index contributed by atoms with van der Waals surface area (Å²) in [5.74, 6) is -0.751. The van der Waals surface area contributed by atoms with Gasteiger partial charge in [0.15, 0.2) is 0 Å². The topological polar surface area (TPSA) is 75.3 Å². The molecule has 2 N–H and O–H groups in total. The molecule has 0 fully saturated rings. The smallest absolute Gasteiger partial charge is 0.251 e. The molecule has 0 aliphatic heterocycles. The maximum Gasteiger partial charge on any atom is 0.251 e. The summed E-state index contributed by atoms with van der Waals surface area (Å²) < 4.78 is 0. The Labute approximate surface area is 186 Å². The van der Waals surface area contributed by atoms with Crippen LogP contribution in [0, 0.1) is 6.92 Å². The third-order valence-electron chi connectivity index (χ3n) is 4.59. The van der Waals surface area contributed by atoms with Crippen LogP contribution in [-0.4, -0.2) is 29.5 Å². The van der Waals surface area contributed by atoms with E-state index in [1.165, 1.54) is 0 Å². The number of carbonyl (C=O) groups is 3. The van der Waals surface area contributed by atoms with Crippen molar-refractivity contribution in [3.63, 3.8) is 0 Å². The third-order valence-corrected chi connectivity index (χ3v) is 5.58. The SMILES string of the molecule is Cc1ccc(SC(=O)[C@H](Cc2ccccc2)NC(=O)CNC(=O)c2ccccc2)cc1. The van der Waals surface area contributed by atoms with Crippen molar-refractivity contribution in [1.82, 2.24) is 10.6 Å². The average molecular weight is 433 g/mol. The zero-order valence-electron chi connectivity index (χ0n) is 17.2. The predicted molar refractivity (Wildman–Crippen MR) is 123 cm³/mol. The lowest BCUT2D eigenvalue weighted by Crippen LogP contribution is -2.45. The summed E-state index contributed by atoms with van der Waals surface area (Å²) in [5, 5.41) is 5.22. The fraction of sp³-hybridized carbons (Fsp3) is 0.160. The van der Waals surface area contributed by atoms with Gasteiger partial charge in [-0.1, -0.05) is 66.2 Å². The Balaban J connectivity index is 1.63. The van der Waals surface area contributed by atoms with Gasteiger partial charge in [-0.05, 0) is 48.5 Å². The Hall–Kier alpha value is -3.38. The molecule has 0 saturated carbocycles. The van der Waals surface area contributed by atoms with Crippen LogP contribution in [0.4, 0.5) is 0 Å². The van der Waals surface area contributed by atoms with E-state index in [0.717, 1.165) is 27.8 Å². The number of rotatable bonds is 8. The van der Waals surface area contributed by atoms with E-state index in [4.69, 9.17) is 0 Å². The van der Waals surface area contributed by atoms with Crippen LogP contribution in [0.15, 0.2) is 89.8 Å². The molecule has 0 unspecified atom stereocenters.